The smallest absolute Gasteiger partial charge is 0.336 e. The van der Waals surface area contributed by atoms with Gasteiger partial charge in [-0.2, -0.15) is 0 Å². The van der Waals surface area contributed by atoms with Crippen LogP contribution in [-0.4, -0.2) is 31.6 Å². The zero-order chi connectivity index (χ0) is 29.9. The monoisotopic (exact) mass is 585 g/mol. The van der Waals surface area contributed by atoms with Crippen LogP contribution in [0.4, 0.5) is 0 Å². The fourth-order valence-electron chi connectivity index (χ4n) is 3.72. The standard InChI is InChI=1S/C27H27N3O12/c31-22(40-16-19-4-1-13-37-19)7-10-28-25(34)29(11-8-23(32)41-17-20-5-2-14-38-20)27(36)30(26(28)35)12-9-24(33)42-18-21-6-3-15-39-21/h1-6,13-15H,7-12,16-18H2. The molecule has 0 saturated carbocycles. The predicted octanol–water partition coefficient (Wildman–Crippen LogP) is 1.35. The Morgan fingerprint density at radius 2 is 0.810 bits per heavy atom. The Balaban J connectivity index is 1.47. The molecule has 15 heteroatoms. The molecule has 0 saturated heterocycles. The van der Waals surface area contributed by atoms with Gasteiger partial charge in [0.2, 0.25) is 0 Å². The second-order valence-corrected chi connectivity index (χ2v) is 8.77. The fourth-order valence-corrected chi connectivity index (χ4v) is 3.72. The van der Waals surface area contributed by atoms with Gasteiger partial charge in [0.15, 0.2) is 0 Å². The van der Waals surface area contributed by atoms with Crippen LogP contribution in [0.15, 0.2) is 82.8 Å². The Bertz CT molecular complexity index is 1420. The molecule has 0 atom stereocenters. The summed E-state index contributed by atoms with van der Waals surface area (Å²) in [5.74, 6) is -1.00. The molecule has 0 unspecified atom stereocenters. The molecule has 0 N–H and O–H groups in total. The minimum Gasteiger partial charge on any atom is -0.466 e. The number of ether oxygens (including phenoxy) is 3. The first kappa shape index (κ1) is 29.6. The number of aromatic nitrogens is 3. The zero-order valence-corrected chi connectivity index (χ0v) is 22.3. The van der Waals surface area contributed by atoms with Crippen molar-refractivity contribution in [1.29, 1.82) is 0 Å². The molecule has 0 fully saturated rings. The minimum atomic E-state index is -1.04. The highest BCUT2D eigenvalue weighted by molar-refractivity contribution is 5.70. The summed E-state index contributed by atoms with van der Waals surface area (Å²) in [6.45, 7) is -1.73. The van der Waals surface area contributed by atoms with E-state index in [-0.39, 0.29) is 39.1 Å². The van der Waals surface area contributed by atoms with Crippen molar-refractivity contribution in [3.63, 3.8) is 0 Å². The second-order valence-electron chi connectivity index (χ2n) is 8.77. The van der Waals surface area contributed by atoms with E-state index in [2.05, 4.69) is 0 Å². The molecule has 4 rings (SSSR count). The van der Waals surface area contributed by atoms with Crippen molar-refractivity contribution in [3.05, 3.63) is 104 Å². The van der Waals surface area contributed by atoms with Gasteiger partial charge in [0.1, 0.15) is 37.1 Å². The number of rotatable bonds is 15. The Morgan fingerprint density at radius 1 is 0.524 bits per heavy atom. The zero-order valence-electron chi connectivity index (χ0n) is 22.3. The van der Waals surface area contributed by atoms with Crippen molar-refractivity contribution in [2.24, 2.45) is 0 Å². The molecule has 4 aromatic heterocycles. The van der Waals surface area contributed by atoms with Crippen LogP contribution in [0, 0.1) is 0 Å². The SMILES string of the molecule is O=C(CCn1c(=O)n(CCC(=O)OCc2ccco2)c(=O)n(CCC(=O)OCc2ccco2)c1=O)OCc1ccco1. The molecule has 4 aromatic rings. The van der Waals surface area contributed by atoms with Gasteiger partial charge in [-0.15, -0.1) is 0 Å². The van der Waals surface area contributed by atoms with E-state index in [0.717, 1.165) is 0 Å². The molecule has 0 radical (unpaired) electrons. The van der Waals surface area contributed by atoms with Crippen molar-refractivity contribution >= 4 is 17.9 Å². The number of esters is 3. The first-order chi connectivity index (χ1) is 20.3. The number of furan rings is 3. The van der Waals surface area contributed by atoms with Gasteiger partial charge in [0.05, 0.1) is 38.1 Å². The summed E-state index contributed by atoms with van der Waals surface area (Å²) in [6, 6.07) is 9.67. The number of hydrogen-bond acceptors (Lipinski definition) is 12. The molecule has 0 aromatic carbocycles. The van der Waals surface area contributed by atoms with Crippen molar-refractivity contribution < 1.29 is 41.8 Å². The minimum absolute atomic E-state index is 0.148. The maximum Gasteiger partial charge on any atom is 0.336 e. The quantitative estimate of drug-likeness (QED) is 0.144. The van der Waals surface area contributed by atoms with Crippen molar-refractivity contribution in [2.75, 3.05) is 0 Å². The Hall–Kier alpha value is -5.34. The van der Waals surface area contributed by atoms with Crippen LogP contribution in [0.3, 0.4) is 0 Å². The van der Waals surface area contributed by atoms with Gasteiger partial charge >= 0.3 is 35.0 Å². The molecule has 0 aliphatic heterocycles. The second kappa shape index (κ2) is 14.3. The first-order valence-electron chi connectivity index (χ1n) is 12.8. The number of carbonyl (C=O) groups is 3. The molecular weight excluding hydrogens is 558 g/mol. The number of carbonyl (C=O) groups excluding carboxylic acids is 3. The summed E-state index contributed by atoms with van der Waals surface area (Å²) in [4.78, 5) is 76.1. The summed E-state index contributed by atoms with van der Waals surface area (Å²) in [5.41, 5.74) is -3.13. The average molecular weight is 586 g/mol. The molecule has 42 heavy (non-hydrogen) atoms. The van der Waals surface area contributed by atoms with Crippen LogP contribution >= 0.6 is 0 Å². The largest absolute Gasteiger partial charge is 0.466 e. The fraction of sp³-hybridized carbons (Fsp3) is 0.333. The third-order valence-corrected chi connectivity index (χ3v) is 5.87. The van der Waals surface area contributed by atoms with Crippen LogP contribution in [-0.2, 0) is 68.0 Å². The van der Waals surface area contributed by atoms with Crippen molar-refractivity contribution in [1.82, 2.24) is 13.7 Å². The van der Waals surface area contributed by atoms with Crippen LogP contribution in [0.1, 0.15) is 36.5 Å². The van der Waals surface area contributed by atoms with E-state index in [1.807, 2.05) is 0 Å². The highest BCUT2D eigenvalue weighted by Crippen LogP contribution is 2.05. The van der Waals surface area contributed by atoms with Crippen LogP contribution in [0.2, 0.25) is 0 Å². The van der Waals surface area contributed by atoms with E-state index >= 15 is 0 Å². The highest BCUT2D eigenvalue weighted by atomic mass is 16.5. The Kier molecular flexibility index (Phi) is 10.1. The lowest BCUT2D eigenvalue weighted by atomic mass is 10.4. The third-order valence-electron chi connectivity index (χ3n) is 5.87. The lowest BCUT2D eigenvalue weighted by Gasteiger charge is -2.14. The van der Waals surface area contributed by atoms with Gasteiger partial charge in [0, 0.05) is 19.6 Å². The van der Waals surface area contributed by atoms with Gasteiger partial charge in [-0.1, -0.05) is 0 Å². The average Bonchev–Trinajstić information content (AvgIpc) is 3.78. The maximum atomic E-state index is 13.1. The van der Waals surface area contributed by atoms with Gasteiger partial charge < -0.3 is 27.5 Å². The van der Waals surface area contributed by atoms with Gasteiger partial charge in [-0.3, -0.25) is 14.4 Å². The number of hydrogen-bond donors (Lipinski definition) is 0. The summed E-state index contributed by atoms with van der Waals surface area (Å²) < 4.78 is 32.5. The molecule has 0 amide bonds. The van der Waals surface area contributed by atoms with Crippen LogP contribution < -0.4 is 17.1 Å². The van der Waals surface area contributed by atoms with E-state index in [0.29, 0.717) is 31.0 Å². The van der Waals surface area contributed by atoms with E-state index < -0.39 is 54.6 Å². The summed E-state index contributed by atoms with van der Waals surface area (Å²) in [6.07, 6.45) is 3.08. The lowest BCUT2D eigenvalue weighted by molar-refractivity contribution is -0.146. The predicted molar refractivity (Wildman–Crippen MR) is 139 cm³/mol. The molecule has 4 heterocycles. The van der Waals surface area contributed by atoms with Gasteiger partial charge in [-0.25, -0.2) is 28.1 Å². The molecule has 0 spiro atoms. The van der Waals surface area contributed by atoms with Gasteiger partial charge in [0.25, 0.3) is 0 Å². The third kappa shape index (κ3) is 8.09. The number of nitrogens with zero attached hydrogens (tertiary/aromatic N) is 3. The van der Waals surface area contributed by atoms with E-state index in [4.69, 9.17) is 27.5 Å². The summed E-state index contributed by atoms with van der Waals surface area (Å²) >= 11 is 0. The van der Waals surface area contributed by atoms with Crippen LogP contribution in [0.5, 0.6) is 0 Å². The molecule has 15 nitrogen and oxygen atoms in total. The summed E-state index contributed by atoms with van der Waals surface area (Å²) in [5, 5.41) is 0. The topological polar surface area (TPSA) is 184 Å². The van der Waals surface area contributed by atoms with Crippen molar-refractivity contribution in [3.8, 4) is 0 Å². The van der Waals surface area contributed by atoms with E-state index in [1.54, 1.807) is 36.4 Å². The Morgan fingerprint density at radius 3 is 1.05 bits per heavy atom. The maximum absolute atomic E-state index is 13.1. The van der Waals surface area contributed by atoms with Gasteiger partial charge in [-0.05, 0) is 36.4 Å². The molecule has 0 aliphatic carbocycles. The van der Waals surface area contributed by atoms with Crippen molar-refractivity contribution in [2.45, 2.75) is 58.7 Å². The molecule has 222 valence electrons. The Labute approximate surface area is 236 Å². The van der Waals surface area contributed by atoms with E-state index in [1.165, 1.54) is 18.8 Å². The normalized spacial score (nSPS) is 10.9. The highest BCUT2D eigenvalue weighted by Gasteiger charge is 2.19. The van der Waals surface area contributed by atoms with Crippen LogP contribution in [0.25, 0.3) is 0 Å². The van der Waals surface area contributed by atoms with E-state index in [9.17, 15) is 28.8 Å². The molecule has 0 bridgehead atoms. The molecule has 0 aliphatic rings. The molecular formula is C27H27N3O12. The first-order valence-corrected chi connectivity index (χ1v) is 12.8. The lowest BCUT2D eigenvalue weighted by Crippen LogP contribution is -2.55. The summed E-state index contributed by atoms with van der Waals surface area (Å²) in [7, 11) is 0.